The average molecular weight is 292 g/mol. The van der Waals surface area contributed by atoms with E-state index in [1.165, 1.54) is 0 Å². The first-order valence-corrected chi connectivity index (χ1v) is 7.26. The van der Waals surface area contributed by atoms with Crippen LogP contribution in [0.2, 0.25) is 5.15 Å². The quantitative estimate of drug-likeness (QED) is 0.854. The average Bonchev–Trinajstić information content (AvgIpc) is 3.34. The topological polar surface area (TPSA) is 76.7 Å². The maximum atomic E-state index is 6.02. The van der Waals surface area contributed by atoms with Crippen molar-refractivity contribution in [3.8, 4) is 0 Å². The maximum Gasteiger partial charge on any atom is 0.235 e. The molecule has 2 aromatic rings. The van der Waals surface area contributed by atoms with Crippen LogP contribution in [0.1, 0.15) is 55.1 Å². The van der Waals surface area contributed by atoms with E-state index in [1.807, 2.05) is 0 Å². The Morgan fingerprint density at radius 2 is 1.95 bits per heavy atom. The molecule has 2 aromatic heterocycles. The van der Waals surface area contributed by atoms with Gasteiger partial charge >= 0.3 is 0 Å². The SMILES string of the molecule is Clc1cc(NCc2nnc(C3CC3)o2)nc(C2CC2)n1. The molecule has 2 fully saturated rings. The van der Waals surface area contributed by atoms with Crippen LogP contribution in [0.15, 0.2) is 10.5 Å². The summed E-state index contributed by atoms with van der Waals surface area (Å²) in [5.41, 5.74) is 0. The monoisotopic (exact) mass is 291 g/mol. The van der Waals surface area contributed by atoms with Crippen LogP contribution in [-0.4, -0.2) is 20.2 Å². The van der Waals surface area contributed by atoms with Gasteiger partial charge in [0.05, 0.1) is 6.54 Å². The molecule has 2 saturated carbocycles. The molecule has 0 aliphatic heterocycles. The largest absolute Gasteiger partial charge is 0.423 e. The van der Waals surface area contributed by atoms with E-state index in [0.29, 0.717) is 35.2 Å². The Balaban J connectivity index is 1.44. The highest BCUT2D eigenvalue weighted by molar-refractivity contribution is 6.29. The molecule has 0 amide bonds. The molecule has 0 bridgehead atoms. The highest BCUT2D eigenvalue weighted by atomic mass is 35.5. The van der Waals surface area contributed by atoms with Crippen molar-refractivity contribution in [1.29, 1.82) is 0 Å². The van der Waals surface area contributed by atoms with Crippen LogP contribution in [0.3, 0.4) is 0 Å². The normalized spacial score (nSPS) is 18.2. The van der Waals surface area contributed by atoms with Gasteiger partial charge in [0, 0.05) is 17.9 Å². The lowest BCUT2D eigenvalue weighted by Gasteiger charge is -2.05. The highest BCUT2D eigenvalue weighted by Gasteiger charge is 2.29. The number of rotatable bonds is 5. The Bertz CT molecular complexity index is 635. The van der Waals surface area contributed by atoms with Crippen LogP contribution in [0.4, 0.5) is 5.82 Å². The van der Waals surface area contributed by atoms with E-state index >= 15 is 0 Å². The van der Waals surface area contributed by atoms with Gasteiger partial charge in [0.25, 0.3) is 0 Å². The molecule has 1 N–H and O–H groups in total. The van der Waals surface area contributed by atoms with Crippen LogP contribution in [0.5, 0.6) is 0 Å². The van der Waals surface area contributed by atoms with Crippen LogP contribution in [0, 0.1) is 0 Å². The Hall–Kier alpha value is -1.69. The van der Waals surface area contributed by atoms with E-state index in [0.717, 1.165) is 37.4 Å². The predicted molar refractivity (Wildman–Crippen MR) is 72.6 cm³/mol. The fourth-order valence-electron chi connectivity index (χ4n) is 2.05. The molecule has 104 valence electrons. The van der Waals surface area contributed by atoms with Gasteiger partial charge in [-0.15, -0.1) is 10.2 Å². The van der Waals surface area contributed by atoms with E-state index in [1.54, 1.807) is 6.07 Å². The van der Waals surface area contributed by atoms with Gasteiger partial charge in [-0.2, -0.15) is 0 Å². The minimum atomic E-state index is 0.456. The Kier molecular flexibility index (Phi) is 2.84. The van der Waals surface area contributed by atoms with E-state index in [4.69, 9.17) is 16.0 Å². The van der Waals surface area contributed by atoms with Crippen LogP contribution in [0.25, 0.3) is 0 Å². The van der Waals surface area contributed by atoms with Gasteiger partial charge in [-0.3, -0.25) is 0 Å². The zero-order valence-corrected chi connectivity index (χ0v) is 11.6. The molecule has 7 heteroatoms. The zero-order chi connectivity index (χ0) is 13.5. The van der Waals surface area contributed by atoms with Crippen molar-refractivity contribution in [3.05, 3.63) is 28.8 Å². The smallest absolute Gasteiger partial charge is 0.235 e. The zero-order valence-electron chi connectivity index (χ0n) is 10.8. The van der Waals surface area contributed by atoms with E-state index < -0.39 is 0 Å². The molecule has 2 heterocycles. The second-order valence-electron chi connectivity index (χ2n) is 5.37. The van der Waals surface area contributed by atoms with Crippen LogP contribution >= 0.6 is 11.6 Å². The van der Waals surface area contributed by atoms with Crippen molar-refractivity contribution in [2.75, 3.05) is 5.32 Å². The molecule has 0 spiro atoms. The first-order valence-electron chi connectivity index (χ1n) is 6.88. The lowest BCUT2D eigenvalue weighted by molar-refractivity contribution is 0.457. The van der Waals surface area contributed by atoms with Crippen LogP contribution in [-0.2, 0) is 6.54 Å². The molecular weight excluding hydrogens is 278 g/mol. The lowest BCUT2D eigenvalue weighted by Crippen LogP contribution is -2.04. The van der Waals surface area contributed by atoms with E-state index in [2.05, 4.69) is 25.5 Å². The van der Waals surface area contributed by atoms with Crippen molar-refractivity contribution in [3.63, 3.8) is 0 Å². The summed E-state index contributed by atoms with van der Waals surface area (Å²) in [4.78, 5) is 8.72. The molecule has 0 aromatic carbocycles. The summed E-state index contributed by atoms with van der Waals surface area (Å²) < 4.78 is 5.59. The minimum absolute atomic E-state index is 0.456. The third kappa shape index (κ3) is 2.60. The Labute approximate surface area is 121 Å². The van der Waals surface area contributed by atoms with Crippen molar-refractivity contribution in [2.45, 2.75) is 44.1 Å². The predicted octanol–water partition coefficient (Wildman–Crippen LogP) is 2.88. The number of nitrogens with one attached hydrogen (secondary N) is 1. The van der Waals surface area contributed by atoms with Gasteiger partial charge in [-0.1, -0.05) is 11.6 Å². The van der Waals surface area contributed by atoms with Gasteiger partial charge in [0.2, 0.25) is 11.8 Å². The molecule has 4 rings (SSSR count). The maximum absolute atomic E-state index is 6.02. The van der Waals surface area contributed by atoms with Crippen molar-refractivity contribution >= 4 is 17.4 Å². The molecule has 0 atom stereocenters. The number of nitrogens with zero attached hydrogens (tertiary/aromatic N) is 4. The van der Waals surface area contributed by atoms with Gasteiger partial charge in [-0.25, -0.2) is 9.97 Å². The summed E-state index contributed by atoms with van der Waals surface area (Å²) in [7, 11) is 0. The summed E-state index contributed by atoms with van der Waals surface area (Å²) in [6.45, 7) is 0.456. The summed E-state index contributed by atoms with van der Waals surface area (Å²) >= 11 is 6.02. The first kappa shape index (κ1) is 12.1. The highest BCUT2D eigenvalue weighted by Crippen LogP contribution is 2.39. The molecule has 20 heavy (non-hydrogen) atoms. The summed E-state index contributed by atoms with van der Waals surface area (Å²) in [6, 6.07) is 1.71. The molecule has 2 aliphatic carbocycles. The number of hydrogen-bond donors (Lipinski definition) is 1. The third-order valence-electron chi connectivity index (χ3n) is 3.48. The second kappa shape index (κ2) is 4.70. The minimum Gasteiger partial charge on any atom is -0.423 e. The van der Waals surface area contributed by atoms with Gasteiger partial charge in [0.1, 0.15) is 16.8 Å². The van der Waals surface area contributed by atoms with E-state index in [-0.39, 0.29) is 0 Å². The number of anilines is 1. The number of aromatic nitrogens is 4. The molecule has 2 aliphatic rings. The van der Waals surface area contributed by atoms with Crippen molar-refractivity contribution in [2.24, 2.45) is 0 Å². The van der Waals surface area contributed by atoms with Gasteiger partial charge in [0.15, 0.2) is 0 Å². The molecule has 6 nitrogen and oxygen atoms in total. The van der Waals surface area contributed by atoms with Gasteiger partial charge < -0.3 is 9.73 Å². The van der Waals surface area contributed by atoms with E-state index in [9.17, 15) is 0 Å². The fraction of sp³-hybridized carbons (Fsp3) is 0.538. The molecule has 0 radical (unpaired) electrons. The summed E-state index contributed by atoms with van der Waals surface area (Å²) in [5, 5.41) is 11.7. The molecule has 0 saturated heterocycles. The first-order chi connectivity index (χ1) is 9.78. The molecule has 0 unspecified atom stereocenters. The summed E-state index contributed by atoms with van der Waals surface area (Å²) in [6.07, 6.45) is 4.60. The van der Waals surface area contributed by atoms with Crippen LogP contribution < -0.4 is 5.32 Å². The molecular formula is C13H14ClN5O. The Morgan fingerprint density at radius 3 is 2.70 bits per heavy atom. The van der Waals surface area contributed by atoms with Crippen molar-refractivity contribution in [1.82, 2.24) is 20.2 Å². The summed E-state index contributed by atoms with van der Waals surface area (Å²) in [5.74, 6) is 3.81. The number of hydrogen-bond acceptors (Lipinski definition) is 6. The third-order valence-corrected chi connectivity index (χ3v) is 3.68. The number of halogens is 1. The fourth-order valence-corrected chi connectivity index (χ4v) is 2.24. The second-order valence-corrected chi connectivity index (χ2v) is 5.76. The van der Waals surface area contributed by atoms with Crippen molar-refractivity contribution < 1.29 is 4.42 Å². The standard InChI is InChI=1S/C13H14ClN5O/c14-9-5-10(17-12(16-9)7-1-2-7)15-6-11-18-19-13(20-11)8-3-4-8/h5,7-8H,1-4,6H2,(H,15,16,17). The Morgan fingerprint density at radius 1 is 1.15 bits per heavy atom. The van der Waals surface area contributed by atoms with Gasteiger partial charge in [-0.05, 0) is 25.7 Å². The lowest BCUT2D eigenvalue weighted by atomic mass is 10.4.